The van der Waals surface area contributed by atoms with Gasteiger partial charge in [0.05, 0.1) is 19.9 Å². The number of nitrogens with one attached hydrogen (secondary N) is 1. The minimum absolute atomic E-state index is 0.133. The minimum atomic E-state index is -0.843. The quantitative estimate of drug-likeness (QED) is 0.619. The van der Waals surface area contributed by atoms with E-state index in [0.29, 0.717) is 23.6 Å². The number of aromatic nitrogens is 1. The number of nitrogens with zero attached hydrogens (tertiary/aromatic N) is 1. The second kappa shape index (κ2) is 8.45. The first-order valence-electron chi connectivity index (χ1n) is 8.37. The first-order valence-corrected chi connectivity index (χ1v) is 9.25. The predicted octanol–water partition coefficient (Wildman–Crippen LogP) is 4.96. The molecule has 0 aliphatic heterocycles. The highest BCUT2D eigenvalue weighted by atomic mass is 32.1. The first kappa shape index (κ1) is 19.3. The van der Waals surface area contributed by atoms with E-state index >= 15 is 0 Å². The van der Waals surface area contributed by atoms with Gasteiger partial charge in [-0.05, 0) is 42.8 Å². The zero-order chi connectivity index (χ0) is 19.4. The molecule has 3 rings (SSSR count). The van der Waals surface area contributed by atoms with Gasteiger partial charge in [0.2, 0.25) is 0 Å². The van der Waals surface area contributed by atoms with Crippen molar-refractivity contribution in [3.05, 3.63) is 64.7 Å². The lowest BCUT2D eigenvalue weighted by Crippen LogP contribution is -2.18. The van der Waals surface area contributed by atoms with Gasteiger partial charge in [0.1, 0.15) is 5.01 Å². The van der Waals surface area contributed by atoms with E-state index in [0.717, 1.165) is 22.3 Å². The molecule has 7 heteroatoms. The lowest BCUT2D eigenvalue weighted by atomic mass is 10.1. The van der Waals surface area contributed by atoms with Gasteiger partial charge in [0.25, 0.3) is 0 Å². The van der Waals surface area contributed by atoms with Gasteiger partial charge >= 0.3 is 0 Å². The molecule has 0 aliphatic rings. The van der Waals surface area contributed by atoms with Gasteiger partial charge in [0, 0.05) is 23.5 Å². The monoisotopic (exact) mass is 390 g/mol. The van der Waals surface area contributed by atoms with Crippen molar-refractivity contribution in [1.82, 2.24) is 10.3 Å². The number of rotatable bonds is 7. The van der Waals surface area contributed by atoms with Crippen LogP contribution in [0.1, 0.15) is 24.2 Å². The molecule has 1 aromatic heterocycles. The van der Waals surface area contributed by atoms with Crippen LogP contribution in [0.4, 0.5) is 8.78 Å². The predicted molar refractivity (Wildman–Crippen MR) is 102 cm³/mol. The summed E-state index contributed by atoms with van der Waals surface area (Å²) in [5.74, 6) is -0.368. The van der Waals surface area contributed by atoms with Crippen molar-refractivity contribution in [2.75, 3.05) is 14.2 Å². The van der Waals surface area contributed by atoms with E-state index in [2.05, 4.69) is 10.3 Å². The van der Waals surface area contributed by atoms with Crippen molar-refractivity contribution in [2.24, 2.45) is 0 Å². The molecule has 3 aromatic rings. The van der Waals surface area contributed by atoms with Crippen molar-refractivity contribution in [1.29, 1.82) is 0 Å². The molecule has 0 unspecified atom stereocenters. The third-order valence-electron chi connectivity index (χ3n) is 4.22. The summed E-state index contributed by atoms with van der Waals surface area (Å²) in [7, 11) is 3.19. The number of hydrogen-bond donors (Lipinski definition) is 1. The Morgan fingerprint density at radius 2 is 1.81 bits per heavy atom. The third-order valence-corrected chi connectivity index (χ3v) is 5.16. The van der Waals surface area contributed by atoms with Gasteiger partial charge in [-0.3, -0.25) is 0 Å². The van der Waals surface area contributed by atoms with Crippen LogP contribution in [0, 0.1) is 11.6 Å². The summed E-state index contributed by atoms with van der Waals surface area (Å²) in [6, 6.07) is 9.46. The molecule has 4 nitrogen and oxygen atoms in total. The molecule has 0 spiro atoms. The third kappa shape index (κ3) is 4.43. The van der Waals surface area contributed by atoms with E-state index in [1.807, 2.05) is 30.5 Å². The maximum Gasteiger partial charge on any atom is 0.161 e. The normalized spacial score (nSPS) is 12.0. The Morgan fingerprint density at radius 1 is 1.04 bits per heavy atom. The molecule has 0 amide bonds. The highest BCUT2D eigenvalue weighted by Crippen LogP contribution is 2.33. The van der Waals surface area contributed by atoms with E-state index in [4.69, 9.17) is 9.47 Å². The van der Waals surface area contributed by atoms with Crippen LogP contribution in [-0.4, -0.2) is 19.2 Å². The summed E-state index contributed by atoms with van der Waals surface area (Å²) in [6.45, 7) is 2.41. The summed E-state index contributed by atoms with van der Waals surface area (Å²) in [6.07, 6.45) is 0. The molecule has 0 fully saturated rings. The molecular weight excluding hydrogens is 370 g/mol. The number of benzene rings is 2. The van der Waals surface area contributed by atoms with E-state index in [1.54, 1.807) is 20.3 Å². The van der Waals surface area contributed by atoms with Crippen LogP contribution in [-0.2, 0) is 6.54 Å². The summed E-state index contributed by atoms with van der Waals surface area (Å²) in [5.41, 5.74) is 2.50. The topological polar surface area (TPSA) is 43.4 Å². The largest absolute Gasteiger partial charge is 0.493 e. The van der Waals surface area contributed by atoms with Gasteiger partial charge in [-0.25, -0.2) is 13.8 Å². The van der Waals surface area contributed by atoms with Crippen molar-refractivity contribution in [2.45, 2.75) is 19.5 Å². The number of methoxy groups -OCH3 is 2. The van der Waals surface area contributed by atoms with Crippen molar-refractivity contribution < 1.29 is 18.3 Å². The van der Waals surface area contributed by atoms with Crippen LogP contribution in [0.15, 0.2) is 41.8 Å². The average Bonchev–Trinajstić information content (AvgIpc) is 3.16. The molecule has 2 aromatic carbocycles. The van der Waals surface area contributed by atoms with Crippen molar-refractivity contribution >= 4 is 11.3 Å². The Hall–Kier alpha value is -2.51. The second-order valence-corrected chi connectivity index (χ2v) is 6.85. The molecule has 0 bridgehead atoms. The Labute approximate surface area is 160 Å². The number of ether oxygens (including phenoxy) is 2. The lowest BCUT2D eigenvalue weighted by molar-refractivity contribution is 0.355. The molecule has 1 N–H and O–H groups in total. The minimum Gasteiger partial charge on any atom is -0.493 e. The fraction of sp³-hybridized carbons (Fsp3) is 0.250. The van der Waals surface area contributed by atoms with Crippen LogP contribution in [0.3, 0.4) is 0 Å². The molecule has 0 radical (unpaired) electrons. The molecule has 0 aliphatic carbocycles. The number of halogens is 2. The van der Waals surface area contributed by atoms with Gasteiger partial charge in [-0.1, -0.05) is 6.07 Å². The fourth-order valence-corrected chi connectivity index (χ4v) is 3.46. The van der Waals surface area contributed by atoms with Crippen LogP contribution in [0.25, 0.3) is 10.6 Å². The Balaban J connectivity index is 1.68. The van der Waals surface area contributed by atoms with Crippen LogP contribution in [0.2, 0.25) is 0 Å². The standard InChI is InChI=1S/C20H20F2N2O2S/c1-12(13-4-6-16(21)17(22)8-13)23-10-15-11-27-20(24-15)14-5-7-18(25-2)19(9-14)26-3/h4-9,11-12,23H,10H2,1-3H3/t12-/m1/s1. The van der Waals surface area contributed by atoms with Gasteiger partial charge < -0.3 is 14.8 Å². The van der Waals surface area contributed by atoms with Crippen molar-refractivity contribution in [3.63, 3.8) is 0 Å². The maximum atomic E-state index is 13.4. The highest BCUT2D eigenvalue weighted by molar-refractivity contribution is 7.13. The fourth-order valence-electron chi connectivity index (χ4n) is 2.65. The summed E-state index contributed by atoms with van der Waals surface area (Å²) < 4.78 is 37.0. The number of hydrogen-bond acceptors (Lipinski definition) is 5. The molecule has 0 saturated carbocycles. The zero-order valence-corrected chi connectivity index (χ0v) is 16.1. The molecule has 1 atom stereocenters. The molecule has 142 valence electrons. The average molecular weight is 390 g/mol. The van der Waals surface area contributed by atoms with E-state index in [-0.39, 0.29) is 6.04 Å². The Bertz CT molecular complexity index is 930. The first-order chi connectivity index (χ1) is 13.0. The smallest absolute Gasteiger partial charge is 0.161 e. The van der Waals surface area contributed by atoms with E-state index in [9.17, 15) is 8.78 Å². The molecular formula is C20H20F2N2O2S. The van der Waals surface area contributed by atoms with Gasteiger partial charge in [0.15, 0.2) is 23.1 Å². The summed E-state index contributed by atoms with van der Waals surface area (Å²) in [4.78, 5) is 4.63. The van der Waals surface area contributed by atoms with E-state index in [1.165, 1.54) is 17.4 Å². The molecule has 1 heterocycles. The van der Waals surface area contributed by atoms with Crippen LogP contribution >= 0.6 is 11.3 Å². The maximum absolute atomic E-state index is 13.4. The highest BCUT2D eigenvalue weighted by Gasteiger charge is 2.12. The lowest BCUT2D eigenvalue weighted by Gasteiger charge is -2.13. The van der Waals surface area contributed by atoms with Crippen molar-refractivity contribution in [3.8, 4) is 22.1 Å². The van der Waals surface area contributed by atoms with Gasteiger partial charge in [-0.2, -0.15) is 0 Å². The zero-order valence-electron chi connectivity index (χ0n) is 15.3. The van der Waals surface area contributed by atoms with E-state index < -0.39 is 11.6 Å². The second-order valence-electron chi connectivity index (χ2n) is 5.99. The van der Waals surface area contributed by atoms with Gasteiger partial charge in [-0.15, -0.1) is 11.3 Å². The summed E-state index contributed by atoms with van der Waals surface area (Å²) in [5, 5.41) is 6.12. The summed E-state index contributed by atoms with van der Waals surface area (Å²) >= 11 is 1.53. The van der Waals surface area contributed by atoms with Crippen LogP contribution < -0.4 is 14.8 Å². The Kier molecular flexibility index (Phi) is 6.03. The Morgan fingerprint density at radius 3 is 2.52 bits per heavy atom. The van der Waals surface area contributed by atoms with Crippen LogP contribution in [0.5, 0.6) is 11.5 Å². The molecule has 27 heavy (non-hydrogen) atoms. The SMILES string of the molecule is COc1ccc(-c2nc(CN[C@H](C)c3ccc(F)c(F)c3)cs2)cc1OC. The number of thiazole rings is 1. The molecule has 0 saturated heterocycles.